The summed E-state index contributed by atoms with van der Waals surface area (Å²) in [6, 6.07) is 4.87. The highest BCUT2D eigenvalue weighted by molar-refractivity contribution is 5.76. The van der Waals surface area contributed by atoms with E-state index in [-0.39, 0.29) is 17.7 Å². The van der Waals surface area contributed by atoms with Crippen LogP contribution in [0, 0.1) is 11.7 Å². The van der Waals surface area contributed by atoms with E-state index < -0.39 is 5.82 Å². The Bertz CT molecular complexity index is 516. The predicted octanol–water partition coefficient (Wildman–Crippen LogP) is 2.79. The number of nitrogens with one attached hydrogen (secondary N) is 1. The number of carbonyl (C=O) groups is 1. The van der Waals surface area contributed by atoms with E-state index in [1.54, 1.807) is 12.1 Å². The van der Waals surface area contributed by atoms with Gasteiger partial charge in [-0.3, -0.25) is 4.79 Å². The highest BCUT2D eigenvalue weighted by atomic mass is 19.1. The zero-order valence-corrected chi connectivity index (χ0v) is 13.8. The largest absolute Gasteiger partial charge is 0.494 e. The fraction of sp³-hybridized carbons (Fsp3) is 0.611. The van der Waals surface area contributed by atoms with Gasteiger partial charge >= 0.3 is 0 Å². The average molecular weight is 322 g/mol. The second-order valence-electron chi connectivity index (χ2n) is 6.28. The first-order valence-corrected chi connectivity index (χ1v) is 8.46. The third-order valence-corrected chi connectivity index (χ3v) is 4.68. The smallest absolute Gasteiger partial charge is 0.220 e. The van der Waals surface area contributed by atoms with E-state index in [0.29, 0.717) is 25.3 Å². The van der Waals surface area contributed by atoms with E-state index in [1.807, 2.05) is 0 Å². The maximum Gasteiger partial charge on any atom is 0.220 e. The van der Waals surface area contributed by atoms with Crippen LogP contribution in [0.1, 0.15) is 44.1 Å². The fourth-order valence-corrected chi connectivity index (χ4v) is 3.31. The maximum absolute atomic E-state index is 13.6. The van der Waals surface area contributed by atoms with Gasteiger partial charge in [0.1, 0.15) is 0 Å². The van der Waals surface area contributed by atoms with Crippen molar-refractivity contribution in [2.75, 3.05) is 13.7 Å². The van der Waals surface area contributed by atoms with Crippen LogP contribution in [-0.2, 0) is 11.2 Å². The lowest BCUT2D eigenvalue weighted by Crippen LogP contribution is -2.46. The molecule has 0 aromatic heterocycles. The molecule has 1 aliphatic rings. The molecule has 1 atom stereocenters. The van der Waals surface area contributed by atoms with Crippen molar-refractivity contribution < 1.29 is 13.9 Å². The molecule has 0 radical (unpaired) electrons. The Morgan fingerprint density at radius 3 is 2.74 bits per heavy atom. The molecule has 1 aromatic carbocycles. The van der Waals surface area contributed by atoms with Crippen LogP contribution in [0.15, 0.2) is 18.2 Å². The monoisotopic (exact) mass is 322 g/mol. The number of hydrogen-bond acceptors (Lipinski definition) is 3. The average Bonchev–Trinajstić information content (AvgIpc) is 2.58. The minimum atomic E-state index is -0.396. The van der Waals surface area contributed by atoms with Gasteiger partial charge in [-0.25, -0.2) is 4.39 Å². The van der Waals surface area contributed by atoms with Crippen LogP contribution < -0.4 is 15.8 Å². The SMILES string of the molecule is COc1ccc(CCC(=O)NC(CN)C2CCCCC2)cc1F. The maximum atomic E-state index is 13.6. The molecule has 1 aliphatic carbocycles. The van der Waals surface area contributed by atoms with Gasteiger partial charge in [0.15, 0.2) is 11.6 Å². The lowest BCUT2D eigenvalue weighted by molar-refractivity contribution is -0.122. The summed E-state index contributed by atoms with van der Waals surface area (Å²) < 4.78 is 18.5. The van der Waals surface area contributed by atoms with Crippen molar-refractivity contribution in [1.29, 1.82) is 0 Å². The molecule has 0 spiro atoms. The summed E-state index contributed by atoms with van der Waals surface area (Å²) in [5.74, 6) is 0.310. The second kappa shape index (κ2) is 8.87. The first-order valence-electron chi connectivity index (χ1n) is 8.46. The van der Waals surface area contributed by atoms with Gasteiger partial charge < -0.3 is 15.8 Å². The highest BCUT2D eigenvalue weighted by Gasteiger charge is 2.23. The summed E-state index contributed by atoms with van der Waals surface area (Å²) in [4.78, 5) is 12.2. The van der Waals surface area contributed by atoms with Crippen LogP contribution in [0.3, 0.4) is 0 Å². The van der Waals surface area contributed by atoms with E-state index in [9.17, 15) is 9.18 Å². The zero-order chi connectivity index (χ0) is 16.7. The molecule has 4 nitrogen and oxygen atoms in total. The molecule has 2 rings (SSSR count). The van der Waals surface area contributed by atoms with Crippen LogP contribution in [0.5, 0.6) is 5.75 Å². The summed E-state index contributed by atoms with van der Waals surface area (Å²) in [5.41, 5.74) is 6.62. The standard InChI is InChI=1S/C18H27FN2O2/c1-23-17-9-7-13(11-15(17)19)8-10-18(22)21-16(12-20)14-5-3-2-4-6-14/h7,9,11,14,16H,2-6,8,10,12,20H2,1H3,(H,21,22). The number of methoxy groups -OCH3 is 1. The number of aryl methyl sites for hydroxylation is 1. The van der Waals surface area contributed by atoms with Crippen LogP contribution in [-0.4, -0.2) is 25.6 Å². The molecule has 1 aromatic rings. The molecular formula is C18H27FN2O2. The minimum absolute atomic E-state index is 0.0118. The normalized spacial score (nSPS) is 16.8. The number of amides is 1. The van der Waals surface area contributed by atoms with Gasteiger partial charge in [0, 0.05) is 19.0 Å². The van der Waals surface area contributed by atoms with Crippen molar-refractivity contribution in [3.8, 4) is 5.75 Å². The molecule has 5 heteroatoms. The highest BCUT2D eigenvalue weighted by Crippen LogP contribution is 2.26. The van der Waals surface area contributed by atoms with Crippen LogP contribution >= 0.6 is 0 Å². The molecule has 1 amide bonds. The molecule has 1 fully saturated rings. The molecule has 0 aliphatic heterocycles. The predicted molar refractivity (Wildman–Crippen MR) is 88.8 cm³/mol. The molecule has 0 heterocycles. The Balaban J connectivity index is 1.82. The molecule has 1 unspecified atom stereocenters. The quantitative estimate of drug-likeness (QED) is 0.811. The Morgan fingerprint density at radius 2 is 2.13 bits per heavy atom. The second-order valence-corrected chi connectivity index (χ2v) is 6.28. The Kier molecular flexibility index (Phi) is 6.84. The molecule has 128 valence electrons. The number of nitrogens with two attached hydrogens (primary N) is 1. The summed E-state index contributed by atoms with van der Waals surface area (Å²) in [5, 5.41) is 3.06. The van der Waals surface area contributed by atoms with Crippen molar-refractivity contribution in [1.82, 2.24) is 5.32 Å². The van der Waals surface area contributed by atoms with Crippen LogP contribution in [0.4, 0.5) is 4.39 Å². The van der Waals surface area contributed by atoms with Crippen molar-refractivity contribution in [2.24, 2.45) is 11.7 Å². The van der Waals surface area contributed by atoms with Crippen molar-refractivity contribution in [2.45, 2.75) is 51.0 Å². The third kappa shape index (κ3) is 5.20. The number of carbonyl (C=O) groups excluding carboxylic acids is 1. The van der Waals surface area contributed by atoms with Gasteiger partial charge in [0.25, 0.3) is 0 Å². The van der Waals surface area contributed by atoms with Crippen LogP contribution in [0.2, 0.25) is 0 Å². The van der Waals surface area contributed by atoms with E-state index in [4.69, 9.17) is 10.5 Å². The summed E-state index contributed by atoms with van der Waals surface area (Å²) in [6.45, 7) is 0.480. The molecule has 1 saturated carbocycles. The van der Waals surface area contributed by atoms with Gasteiger partial charge in [-0.05, 0) is 42.9 Å². The van der Waals surface area contributed by atoms with Gasteiger partial charge in [-0.1, -0.05) is 25.3 Å². The van der Waals surface area contributed by atoms with Gasteiger partial charge in [-0.15, -0.1) is 0 Å². The lowest BCUT2D eigenvalue weighted by atomic mass is 9.84. The Morgan fingerprint density at radius 1 is 1.39 bits per heavy atom. The summed E-state index contributed by atoms with van der Waals surface area (Å²) in [7, 11) is 1.43. The van der Waals surface area contributed by atoms with E-state index >= 15 is 0 Å². The molecular weight excluding hydrogens is 295 g/mol. The third-order valence-electron chi connectivity index (χ3n) is 4.68. The molecule has 0 saturated heterocycles. The molecule has 23 heavy (non-hydrogen) atoms. The Hall–Kier alpha value is -1.62. The van der Waals surface area contributed by atoms with Gasteiger partial charge in [-0.2, -0.15) is 0 Å². The van der Waals surface area contributed by atoms with Crippen molar-refractivity contribution in [3.05, 3.63) is 29.6 Å². The summed E-state index contributed by atoms with van der Waals surface area (Å²) >= 11 is 0. The Labute approximate surface area is 137 Å². The zero-order valence-electron chi connectivity index (χ0n) is 13.8. The van der Waals surface area contributed by atoms with E-state index in [1.165, 1.54) is 32.4 Å². The summed E-state index contributed by atoms with van der Waals surface area (Å²) in [6.07, 6.45) is 6.87. The number of rotatable bonds is 7. The van der Waals surface area contributed by atoms with Crippen LogP contribution in [0.25, 0.3) is 0 Å². The van der Waals surface area contributed by atoms with Gasteiger partial charge in [0.2, 0.25) is 5.91 Å². The number of hydrogen-bond donors (Lipinski definition) is 2. The number of ether oxygens (including phenoxy) is 1. The molecule has 3 N–H and O–H groups in total. The first-order chi connectivity index (χ1) is 11.1. The molecule has 0 bridgehead atoms. The van der Waals surface area contributed by atoms with E-state index in [2.05, 4.69) is 5.32 Å². The van der Waals surface area contributed by atoms with Crippen molar-refractivity contribution in [3.63, 3.8) is 0 Å². The minimum Gasteiger partial charge on any atom is -0.494 e. The van der Waals surface area contributed by atoms with Gasteiger partial charge in [0.05, 0.1) is 7.11 Å². The topological polar surface area (TPSA) is 64.3 Å². The first kappa shape index (κ1) is 17.7. The number of benzene rings is 1. The van der Waals surface area contributed by atoms with Crippen molar-refractivity contribution >= 4 is 5.91 Å². The van der Waals surface area contributed by atoms with E-state index in [0.717, 1.165) is 18.4 Å². The number of halogens is 1. The fourth-order valence-electron chi connectivity index (χ4n) is 3.31. The lowest BCUT2D eigenvalue weighted by Gasteiger charge is -2.30.